The van der Waals surface area contributed by atoms with Gasteiger partial charge in [0.2, 0.25) is 5.91 Å². The van der Waals surface area contributed by atoms with Gasteiger partial charge in [-0.25, -0.2) is 0 Å². The van der Waals surface area contributed by atoms with Gasteiger partial charge < -0.3 is 5.32 Å². The first kappa shape index (κ1) is 17.9. The molecule has 4 rings (SSSR count). The highest BCUT2D eigenvalue weighted by molar-refractivity contribution is 8.41. The van der Waals surface area contributed by atoms with Gasteiger partial charge in [-0.2, -0.15) is 13.7 Å². The minimum Gasteiger partial charge on any atom is -0.323 e. The SMILES string of the molecule is O=C(CSC1=NC(=O)C(=Cc2ccccc2)S1)Nc1cccc2nsnc12. The topological polar surface area (TPSA) is 84.3 Å². The van der Waals surface area contributed by atoms with Crippen molar-refractivity contribution in [2.45, 2.75) is 0 Å². The van der Waals surface area contributed by atoms with Crippen molar-refractivity contribution in [2.24, 2.45) is 4.99 Å². The zero-order valence-corrected chi connectivity index (χ0v) is 16.2. The number of hydrogen-bond donors (Lipinski definition) is 1. The molecule has 0 saturated carbocycles. The van der Waals surface area contributed by atoms with Crippen LogP contribution in [0.15, 0.2) is 58.4 Å². The first-order valence-electron chi connectivity index (χ1n) is 7.90. The van der Waals surface area contributed by atoms with Crippen LogP contribution in [0.1, 0.15) is 5.56 Å². The Morgan fingerprint density at radius 1 is 1.11 bits per heavy atom. The molecule has 0 atom stereocenters. The van der Waals surface area contributed by atoms with Gasteiger partial charge in [-0.3, -0.25) is 9.59 Å². The Hall–Kier alpha value is -2.49. The summed E-state index contributed by atoms with van der Waals surface area (Å²) in [5, 5.41) is 2.84. The number of amides is 2. The minimum atomic E-state index is -0.273. The molecular weight excluding hydrogens is 400 g/mol. The number of hydrogen-bond acceptors (Lipinski definition) is 7. The average Bonchev–Trinajstić information content (AvgIpc) is 3.28. The maximum atomic E-state index is 12.2. The molecule has 1 aromatic heterocycles. The molecule has 2 amide bonds. The predicted molar refractivity (Wildman–Crippen MR) is 113 cm³/mol. The molecule has 27 heavy (non-hydrogen) atoms. The largest absolute Gasteiger partial charge is 0.323 e. The Balaban J connectivity index is 1.36. The fourth-order valence-corrected chi connectivity index (χ4v) is 4.72. The third-order valence-corrected chi connectivity index (χ3v) is 6.25. The first-order chi connectivity index (χ1) is 13.2. The monoisotopic (exact) mass is 412 g/mol. The number of nitrogens with zero attached hydrogens (tertiary/aromatic N) is 3. The lowest BCUT2D eigenvalue weighted by molar-refractivity contribution is -0.114. The van der Waals surface area contributed by atoms with E-state index in [1.54, 1.807) is 12.1 Å². The average molecular weight is 413 g/mol. The van der Waals surface area contributed by atoms with E-state index < -0.39 is 0 Å². The Labute approximate surface area is 167 Å². The molecule has 9 heteroatoms. The molecule has 0 radical (unpaired) electrons. The Morgan fingerprint density at radius 3 is 2.81 bits per heavy atom. The number of fused-ring (bicyclic) bond motifs is 1. The molecule has 2 aromatic carbocycles. The van der Waals surface area contributed by atoms with E-state index in [1.807, 2.05) is 42.5 Å². The number of anilines is 1. The first-order valence-corrected chi connectivity index (χ1v) is 10.4. The van der Waals surface area contributed by atoms with E-state index in [2.05, 4.69) is 19.1 Å². The Kier molecular flexibility index (Phi) is 5.33. The summed E-state index contributed by atoms with van der Waals surface area (Å²) in [6.07, 6.45) is 1.81. The van der Waals surface area contributed by atoms with Gasteiger partial charge in [-0.15, -0.1) is 0 Å². The van der Waals surface area contributed by atoms with Crippen molar-refractivity contribution in [1.82, 2.24) is 8.75 Å². The summed E-state index contributed by atoms with van der Waals surface area (Å²) in [5.74, 6) is -0.298. The van der Waals surface area contributed by atoms with E-state index in [1.165, 1.54) is 23.5 Å². The molecule has 0 unspecified atom stereocenters. The standard InChI is InChI=1S/C18H12N4O2S3/c23-15(19-12-7-4-8-13-16(12)22-27-21-13)10-25-18-20-17(24)14(26-18)9-11-5-2-1-3-6-11/h1-9H,10H2,(H,19,23). The summed E-state index contributed by atoms with van der Waals surface area (Å²) in [7, 11) is 0. The summed E-state index contributed by atoms with van der Waals surface area (Å²) >= 11 is 3.64. The summed E-state index contributed by atoms with van der Waals surface area (Å²) in [6.45, 7) is 0. The molecule has 0 fully saturated rings. The van der Waals surface area contributed by atoms with Crippen LogP contribution in [-0.2, 0) is 9.59 Å². The number of aromatic nitrogens is 2. The smallest absolute Gasteiger partial charge is 0.285 e. The number of carbonyl (C=O) groups excluding carboxylic acids is 2. The van der Waals surface area contributed by atoms with E-state index in [4.69, 9.17) is 0 Å². The van der Waals surface area contributed by atoms with Crippen LogP contribution in [0.4, 0.5) is 5.69 Å². The second kappa shape index (κ2) is 8.03. The minimum absolute atomic E-state index is 0.158. The maximum absolute atomic E-state index is 12.2. The summed E-state index contributed by atoms with van der Waals surface area (Å²) in [4.78, 5) is 28.9. The fraction of sp³-hybridized carbons (Fsp3) is 0.0556. The van der Waals surface area contributed by atoms with Gasteiger partial charge in [0.1, 0.15) is 15.4 Å². The lowest BCUT2D eigenvalue weighted by Crippen LogP contribution is -2.15. The lowest BCUT2D eigenvalue weighted by Gasteiger charge is -2.05. The van der Waals surface area contributed by atoms with Crippen LogP contribution >= 0.6 is 35.3 Å². The van der Waals surface area contributed by atoms with E-state index in [-0.39, 0.29) is 17.6 Å². The lowest BCUT2D eigenvalue weighted by atomic mass is 10.2. The van der Waals surface area contributed by atoms with Gasteiger partial charge in [-0.05, 0) is 23.8 Å². The second-order valence-corrected chi connectivity index (χ2v) is 8.26. The maximum Gasteiger partial charge on any atom is 0.285 e. The highest BCUT2D eigenvalue weighted by Crippen LogP contribution is 2.33. The van der Waals surface area contributed by atoms with Crippen LogP contribution in [0.5, 0.6) is 0 Å². The zero-order chi connectivity index (χ0) is 18.6. The van der Waals surface area contributed by atoms with E-state index in [0.29, 0.717) is 20.5 Å². The fourth-order valence-electron chi connectivity index (χ4n) is 2.37. The zero-order valence-electron chi connectivity index (χ0n) is 13.8. The molecule has 6 nitrogen and oxygen atoms in total. The van der Waals surface area contributed by atoms with Crippen molar-refractivity contribution in [3.8, 4) is 0 Å². The van der Waals surface area contributed by atoms with Crippen LogP contribution < -0.4 is 5.32 Å². The molecule has 2 heterocycles. The molecule has 0 bridgehead atoms. The van der Waals surface area contributed by atoms with Crippen LogP contribution in [0, 0.1) is 0 Å². The van der Waals surface area contributed by atoms with E-state index in [0.717, 1.165) is 22.8 Å². The normalized spacial score (nSPS) is 15.3. The molecule has 1 aliphatic rings. The van der Waals surface area contributed by atoms with Gasteiger partial charge in [0, 0.05) is 0 Å². The van der Waals surface area contributed by atoms with E-state index >= 15 is 0 Å². The summed E-state index contributed by atoms with van der Waals surface area (Å²) < 4.78 is 8.93. The number of benzene rings is 2. The Bertz CT molecular complexity index is 1080. The third kappa shape index (κ3) is 4.26. The molecule has 0 spiro atoms. The summed E-state index contributed by atoms with van der Waals surface area (Å²) in [6, 6.07) is 15.1. The molecule has 3 aromatic rings. The van der Waals surface area contributed by atoms with Crippen molar-refractivity contribution >= 4 is 74.2 Å². The Morgan fingerprint density at radius 2 is 1.96 bits per heavy atom. The van der Waals surface area contributed by atoms with Crippen molar-refractivity contribution in [1.29, 1.82) is 0 Å². The van der Waals surface area contributed by atoms with Crippen molar-refractivity contribution in [3.05, 3.63) is 59.0 Å². The highest BCUT2D eigenvalue weighted by atomic mass is 32.2. The van der Waals surface area contributed by atoms with Crippen molar-refractivity contribution in [3.63, 3.8) is 0 Å². The highest BCUT2D eigenvalue weighted by Gasteiger charge is 2.23. The van der Waals surface area contributed by atoms with Crippen molar-refractivity contribution in [2.75, 3.05) is 11.1 Å². The number of nitrogens with one attached hydrogen (secondary N) is 1. The van der Waals surface area contributed by atoms with E-state index in [9.17, 15) is 9.59 Å². The van der Waals surface area contributed by atoms with Gasteiger partial charge in [0.15, 0.2) is 0 Å². The molecule has 1 N–H and O–H groups in total. The molecular formula is C18H12N4O2S3. The van der Waals surface area contributed by atoms with Gasteiger partial charge in [0.25, 0.3) is 5.91 Å². The third-order valence-electron chi connectivity index (χ3n) is 3.59. The number of thioether (sulfide) groups is 2. The number of carbonyl (C=O) groups is 2. The van der Waals surface area contributed by atoms with Crippen LogP contribution in [-0.4, -0.2) is 30.7 Å². The molecule has 1 aliphatic heterocycles. The molecule has 0 aliphatic carbocycles. The predicted octanol–water partition coefficient (Wildman–Crippen LogP) is 4.03. The van der Waals surface area contributed by atoms with Crippen molar-refractivity contribution < 1.29 is 9.59 Å². The van der Waals surface area contributed by atoms with Crippen LogP contribution in [0.2, 0.25) is 0 Å². The second-order valence-electron chi connectivity index (χ2n) is 5.48. The number of rotatable bonds is 4. The molecule has 134 valence electrons. The summed E-state index contributed by atoms with van der Waals surface area (Å²) in [5.41, 5.74) is 3.00. The quantitative estimate of drug-likeness (QED) is 0.651. The number of aliphatic imine (C=N–C) groups is 1. The van der Waals surface area contributed by atoms with Crippen LogP contribution in [0.3, 0.4) is 0 Å². The van der Waals surface area contributed by atoms with Crippen LogP contribution in [0.25, 0.3) is 17.1 Å². The van der Waals surface area contributed by atoms with Gasteiger partial charge in [-0.1, -0.05) is 59.9 Å². The van der Waals surface area contributed by atoms with Gasteiger partial charge >= 0.3 is 0 Å². The van der Waals surface area contributed by atoms with Gasteiger partial charge in [0.05, 0.1) is 28.1 Å². The molecule has 0 saturated heterocycles.